The van der Waals surface area contributed by atoms with Crippen LogP contribution in [0.3, 0.4) is 0 Å². The molecule has 0 bridgehead atoms. The Kier molecular flexibility index (Phi) is 6.20. The first-order valence-corrected chi connectivity index (χ1v) is 9.52. The molecule has 0 aliphatic rings. The van der Waals surface area contributed by atoms with Gasteiger partial charge in [-0.05, 0) is 24.6 Å². The first-order chi connectivity index (χ1) is 13.0. The molecule has 0 aliphatic carbocycles. The summed E-state index contributed by atoms with van der Waals surface area (Å²) < 4.78 is 7.12. The lowest BCUT2D eigenvalue weighted by Crippen LogP contribution is -2.16. The van der Waals surface area contributed by atoms with Crippen LogP contribution in [0.15, 0.2) is 41.9 Å². The number of benzene rings is 1. The van der Waals surface area contributed by atoms with E-state index in [1.54, 1.807) is 24.9 Å². The number of anilines is 1. The number of para-hydroxylation sites is 2. The summed E-state index contributed by atoms with van der Waals surface area (Å²) in [4.78, 5) is 16.3. The van der Waals surface area contributed by atoms with Crippen LogP contribution >= 0.6 is 35.0 Å². The summed E-state index contributed by atoms with van der Waals surface area (Å²) in [6.45, 7) is 1.76. The number of carbonyl (C=O) groups is 1. The van der Waals surface area contributed by atoms with Crippen molar-refractivity contribution in [1.29, 1.82) is 0 Å². The lowest BCUT2D eigenvalue weighted by Gasteiger charge is -2.11. The fourth-order valence-electron chi connectivity index (χ4n) is 2.26. The van der Waals surface area contributed by atoms with Gasteiger partial charge in [-0.25, -0.2) is 4.98 Å². The van der Waals surface area contributed by atoms with Crippen LogP contribution in [0.4, 0.5) is 5.82 Å². The Balaban J connectivity index is 1.71. The van der Waals surface area contributed by atoms with Crippen LogP contribution in [0.25, 0.3) is 5.69 Å². The van der Waals surface area contributed by atoms with Crippen LogP contribution < -0.4 is 10.1 Å². The molecule has 10 heteroatoms. The van der Waals surface area contributed by atoms with Gasteiger partial charge in [0.15, 0.2) is 11.0 Å². The Morgan fingerprint density at radius 2 is 2.11 bits per heavy atom. The third kappa shape index (κ3) is 4.35. The van der Waals surface area contributed by atoms with E-state index in [2.05, 4.69) is 20.5 Å². The Hall–Kier alpha value is -2.29. The maximum Gasteiger partial charge on any atom is 0.236 e. The van der Waals surface area contributed by atoms with Crippen molar-refractivity contribution < 1.29 is 9.53 Å². The van der Waals surface area contributed by atoms with E-state index in [0.29, 0.717) is 26.5 Å². The number of ether oxygens (including phenoxy) is 1. The molecule has 3 rings (SSSR count). The molecule has 0 aliphatic heterocycles. The first-order valence-electron chi connectivity index (χ1n) is 7.78. The maximum atomic E-state index is 12.3. The fraction of sp³-hybridized carbons (Fsp3) is 0.176. The van der Waals surface area contributed by atoms with Crippen LogP contribution in [0.2, 0.25) is 10.0 Å². The molecule has 0 saturated heterocycles. The SMILES string of the molecule is COc1ccccc1-n1cnnc1SCC(=O)Nc1ncc(Cl)c(C)c1Cl. The normalized spacial score (nSPS) is 10.7. The Morgan fingerprint density at radius 3 is 2.89 bits per heavy atom. The third-order valence-electron chi connectivity index (χ3n) is 3.65. The molecule has 140 valence electrons. The van der Waals surface area contributed by atoms with Gasteiger partial charge in [0.2, 0.25) is 5.91 Å². The van der Waals surface area contributed by atoms with E-state index in [1.807, 2.05) is 24.3 Å². The maximum absolute atomic E-state index is 12.3. The van der Waals surface area contributed by atoms with Crippen LogP contribution in [-0.4, -0.2) is 38.5 Å². The lowest BCUT2D eigenvalue weighted by atomic mass is 10.3. The Morgan fingerprint density at radius 1 is 1.33 bits per heavy atom. The van der Waals surface area contributed by atoms with E-state index in [4.69, 9.17) is 27.9 Å². The average Bonchev–Trinajstić information content (AvgIpc) is 3.15. The summed E-state index contributed by atoms with van der Waals surface area (Å²) in [6, 6.07) is 7.48. The molecule has 2 heterocycles. The zero-order chi connectivity index (χ0) is 19.4. The number of amides is 1. The number of carbonyl (C=O) groups excluding carboxylic acids is 1. The molecule has 1 N–H and O–H groups in total. The third-order valence-corrected chi connectivity index (χ3v) is 5.44. The standard InChI is InChI=1S/C17H15Cl2N5O2S/c1-10-11(18)7-20-16(15(10)19)22-14(25)8-27-17-23-21-9-24(17)12-5-3-4-6-13(12)26-2/h3-7,9H,8H2,1-2H3,(H,20,22,25). The summed E-state index contributed by atoms with van der Waals surface area (Å²) in [5.41, 5.74) is 1.44. The van der Waals surface area contributed by atoms with Crippen molar-refractivity contribution >= 4 is 46.7 Å². The molecule has 0 spiro atoms. The van der Waals surface area contributed by atoms with Gasteiger partial charge in [0.25, 0.3) is 0 Å². The molecule has 0 atom stereocenters. The smallest absolute Gasteiger partial charge is 0.236 e. The van der Waals surface area contributed by atoms with E-state index in [0.717, 1.165) is 5.69 Å². The predicted octanol–water partition coefficient (Wildman–Crippen LogP) is 4.02. The minimum Gasteiger partial charge on any atom is -0.495 e. The van der Waals surface area contributed by atoms with Crippen molar-refractivity contribution in [1.82, 2.24) is 19.7 Å². The number of pyridine rings is 1. The number of rotatable bonds is 6. The highest BCUT2D eigenvalue weighted by atomic mass is 35.5. The molecule has 7 nitrogen and oxygen atoms in total. The summed E-state index contributed by atoms with van der Waals surface area (Å²) in [5, 5.41) is 12.0. The Labute approximate surface area is 170 Å². The highest BCUT2D eigenvalue weighted by Crippen LogP contribution is 2.29. The molecule has 0 unspecified atom stereocenters. The number of hydrogen-bond donors (Lipinski definition) is 1. The van der Waals surface area contributed by atoms with E-state index in [1.165, 1.54) is 18.0 Å². The molecule has 3 aromatic rings. The van der Waals surface area contributed by atoms with Gasteiger partial charge in [-0.3, -0.25) is 9.36 Å². The lowest BCUT2D eigenvalue weighted by molar-refractivity contribution is -0.113. The molecule has 0 saturated carbocycles. The van der Waals surface area contributed by atoms with E-state index in [9.17, 15) is 4.79 Å². The summed E-state index contributed by atoms with van der Waals surface area (Å²) >= 11 is 13.4. The van der Waals surface area contributed by atoms with Gasteiger partial charge in [-0.15, -0.1) is 10.2 Å². The quantitative estimate of drug-likeness (QED) is 0.602. The molecular formula is C17H15Cl2N5O2S. The van der Waals surface area contributed by atoms with Crippen molar-refractivity contribution in [2.24, 2.45) is 0 Å². The topological polar surface area (TPSA) is 81.9 Å². The van der Waals surface area contributed by atoms with Gasteiger partial charge in [0.05, 0.1) is 28.6 Å². The van der Waals surface area contributed by atoms with E-state index < -0.39 is 0 Å². The second-order valence-corrected chi connectivity index (χ2v) is 7.11. The zero-order valence-electron chi connectivity index (χ0n) is 14.4. The van der Waals surface area contributed by atoms with Gasteiger partial charge in [0, 0.05) is 6.20 Å². The van der Waals surface area contributed by atoms with Crippen LogP contribution in [0, 0.1) is 6.92 Å². The summed E-state index contributed by atoms with van der Waals surface area (Å²) in [7, 11) is 1.59. The number of aromatic nitrogens is 4. The molecule has 0 radical (unpaired) electrons. The molecule has 2 aromatic heterocycles. The average molecular weight is 424 g/mol. The number of nitrogens with zero attached hydrogens (tertiary/aromatic N) is 4. The summed E-state index contributed by atoms with van der Waals surface area (Å²) in [6.07, 6.45) is 3.02. The second-order valence-electron chi connectivity index (χ2n) is 5.39. The minimum atomic E-state index is -0.273. The van der Waals surface area contributed by atoms with Crippen molar-refractivity contribution in [2.45, 2.75) is 12.1 Å². The monoisotopic (exact) mass is 423 g/mol. The van der Waals surface area contributed by atoms with Crippen molar-refractivity contribution in [3.63, 3.8) is 0 Å². The Bertz CT molecular complexity index is 980. The molecule has 27 heavy (non-hydrogen) atoms. The van der Waals surface area contributed by atoms with Crippen molar-refractivity contribution in [3.8, 4) is 11.4 Å². The molecule has 1 amide bonds. The van der Waals surface area contributed by atoms with Crippen molar-refractivity contribution in [3.05, 3.63) is 52.4 Å². The van der Waals surface area contributed by atoms with Gasteiger partial charge in [-0.2, -0.15) is 0 Å². The first kappa shape index (κ1) is 19.5. The largest absolute Gasteiger partial charge is 0.495 e. The van der Waals surface area contributed by atoms with E-state index >= 15 is 0 Å². The van der Waals surface area contributed by atoms with Gasteiger partial charge in [-0.1, -0.05) is 47.1 Å². The van der Waals surface area contributed by atoms with Crippen molar-refractivity contribution in [2.75, 3.05) is 18.2 Å². The number of thioether (sulfide) groups is 1. The zero-order valence-corrected chi connectivity index (χ0v) is 16.8. The highest BCUT2D eigenvalue weighted by Gasteiger charge is 2.15. The van der Waals surface area contributed by atoms with Gasteiger partial charge < -0.3 is 10.1 Å². The number of halogens is 2. The number of nitrogens with one attached hydrogen (secondary N) is 1. The molecule has 1 aromatic carbocycles. The minimum absolute atomic E-state index is 0.105. The van der Waals surface area contributed by atoms with Crippen LogP contribution in [0.5, 0.6) is 5.75 Å². The van der Waals surface area contributed by atoms with Crippen LogP contribution in [0.1, 0.15) is 5.56 Å². The molecular weight excluding hydrogens is 409 g/mol. The number of hydrogen-bond acceptors (Lipinski definition) is 6. The predicted molar refractivity (Wildman–Crippen MR) is 106 cm³/mol. The van der Waals surface area contributed by atoms with E-state index in [-0.39, 0.29) is 17.5 Å². The number of methoxy groups -OCH3 is 1. The molecule has 0 fully saturated rings. The van der Waals surface area contributed by atoms with Gasteiger partial charge in [0.1, 0.15) is 12.1 Å². The summed E-state index contributed by atoms with van der Waals surface area (Å²) in [5.74, 6) is 0.783. The van der Waals surface area contributed by atoms with Gasteiger partial charge >= 0.3 is 0 Å². The van der Waals surface area contributed by atoms with Crippen LogP contribution in [-0.2, 0) is 4.79 Å². The second kappa shape index (κ2) is 8.60. The fourth-order valence-corrected chi connectivity index (χ4v) is 3.37. The highest BCUT2D eigenvalue weighted by molar-refractivity contribution is 7.99.